The largest absolute Gasteiger partial charge is 0.507 e. The number of carboxylic acid groups (broad SMARTS) is 2. The van der Waals surface area contributed by atoms with Crippen molar-refractivity contribution < 1.29 is 24.9 Å². The fraction of sp³-hybridized carbons (Fsp3) is 0.667. The molecule has 162 valence electrons. The van der Waals surface area contributed by atoms with Gasteiger partial charge in [-0.15, -0.1) is 0 Å². The van der Waals surface area contributed by atoms with Crippen molar-refractivity contribution in [2.24, 2.45) is 10.8 Å². The molecule has 0 amide bonds. The molecule has 0 saturated heterocycles. The Kier molecular flexibility index (Phi) is 8.12. The number of rotatable bonds is 14. The zero-order valence-corrected chi connectivity index (χ0v) is 17.9. The van der Waals surface area contributed by atoms with Gasteiger partial charge in [0.1, 0.15) is 5.75 Å². The summed E-state index contributed by atoms with van der Waals surface area (Å²) in [7, 11) is 0. The quantitative estimate of drug-likeness (QED) is 0.352. The third-order valence-electron chi connectivity index (χ3n) is 6.44. The molecular formula is C24H36O5. The average Bonchev–Trinajstić information content (AvgIpc) is 3.44. The standard InChI is InChI=1S/C24H36O5/c1-23(2,21(26)27)14-7-3-5-10-18-12-9-13-19(20(18)25)11-6-4-8-15-24(16-17-24)22(28)29/h9,12-13,25H,3-8,10-11,14-17H2,1-2H3,(H,26,27)(H,28,29). The lowest BCUT2D eigenvalue weighted by Gasteiger charge is -2.18. The SMILES string of the molecule is CC(C)(CCCCCc1cccc(CCCCCC2(C(=O)O)CC2)c1O)C(=O)O. The van der Waals surface area contributed by atoms with E-state index < -0.39 is 22.8 Å². The second kappa shape index (κ2) is 10.1. The smallest absolute Gasteiger partial charge is 0.309 e. The van der Waals surface area contributed by atoms with Crippen molar-refractivity contribution >= 4 is 11.9 Å². The van der Waals surface area contributed by atoms with Gasteiger partial charge in [-0.3, -0.25) is 9.59 Å². The maximum atomic E-state index is 11.2. The molecule has 1 aliphatic rings. The summed E-state index contributed by atoms with van der Waals surface area (Å²) in [5, 5.41) is 28.9. The molecule has 29 heavy (non-hydrogen) atoms. The van der Waals surface area contributed by atoms with Crippen molar-refractivity contribution in [3.63, 3.8) is 0 Å². The molecule has 1 saturated carbocycles. The monoisotopic (exact) mass is 404 g/mol. The van der Waals surface area contributed by atoms with Gasteiger partial charge in [-0.25, -0.2) is 0 Å². The highest BCUT2D eigenvalue weighted by Gasteiger charge is 2.49. The van der Waals surface area contributed by atoms with Gasteiger partial charge in [-0.05, 0) is 76.3 Å². The van der Waals surface area contributed by atoms with E-state index in [9.17, 15) is 19.8 Å². The predicted octanol–water partition coefficient (Wildman–Crippen LogP) is 5.57. The molecule has 0 spiro atoms. The summed E-state index contributed by atoms with van der Waals surface area (Å²) in [6.07, 6.45) is 10.3. The van der Waals surface area contributed by atoms with Crippen molar-refractivity contribution in [1.29, 1.82) is 0 Å². The summed E-state index contributed by atoms with van der Waals surface area (Å²) >= 11 is 0. The second-order valence-corrected chi connectivity index (χ2v) is 9.32. The van der Waals surface area contributed by atoms with E-state index in [0.29, 0.717) is 12.2 Å². The van der Waals surface area contributed by atoms with Gasteiger partial charge in [0.25, 0.3) is 0 Å². The Balaban J connectivity index is 1.69. The third-order valence-corrected chi connectivity index (χ3v) is 6.44. The van der Waals surface area contributed by atoms with E-state index in [1.165, 1.54) is 0 Å². The van der Waals surface area contributed by atoms with Crippen LogP contribution >= 0.6 is 0 Å². The van der Waals surface area contributed by atoms with Gasteiger partial charge in [0.2, 0.25) is 0 Å². The Bertz CT molecular complexity index is 659. The van der Waals surface area contributed by atoms with Crippen molar-refractivity contribution in [3.05, 3.63) is 29.3 Å². The van der Waals surface area contributed by atoms with Gasteiger partial charge in [0, 0.05) is 0 Å². The van der Waals surface area contributed by atoms with E-state index >= 15 is 0 Å². The number of aryl methyl sites for hydroxylation is 2. The number of unbranched alkanes of at least 4 members (excludes halogenated alkanes) is 4. The molecule has 1 aromatic rings. The van der Waals surface area contributed by atoms with Crippen LogP contribution in [0.5, 0.6) is 5.75 Å². The average molecular weight is 405 g/mol. The van der Waals surface area contributed by atoms with Crippen molar-refractivity contribution in [3.8, 4) is 5.75 Å². The van der Waals surface area contributed by atoms with Gasteiger partial charge in [0.15, 0.2) is 0 Å². The minimum atomic E-state index is -0.752. The molecule has 5 nitrogen and oxygen atoms in total. The molecule has 3 N–H and O–H groups in total. The fourth-order valence-corrected chi connectivity index (χ4v) is 3.89. The molecule has 1 aromatic carbocycles. The van der Waals surface area contributed by atoms with Gasteiger partial charge in [0.05, 0.1) is 10.8 Å². The van der Waals surface area contributed by atoms with Crippen molar-refractivity contribution in [1.82, 2.24) is 0 Å². The number of para-hydroxylation sites is 1. The number of benzene rings is 1. The van der Waals surface area contributed by atoms with Crippen LogP contribution in [0.15, 0.2) is 18.2 Å². The highest BCUT2D eigenvalue weighted by atomic mass is 16.4. The summed E-state index contributed by atoms with van der Waals surface area (Å²) in [6, 6.07) is 5.92. The molecule has 1 aliphatic carbocycles. The summed E-state index contributed by atoms with van der Waals surface area (Å²) in [6.45, 7) is 3.52. The Morgan fingerprint density at radius 1 is 0.931 bits per heavy atom. The topological polar surface area (TPSA) is 94.8 Å². The van der Waals surface area contributed by atoms with Crippen LogP contribution in [0.1, 0.15) is 89.2 Å². The lowest BCUT2D eigenvalue weighted by atomic mass is 9.87. The van der Waals surface area contributed by atoms with E-state index in [1.54, 1.807) is 13.8 Å². The first kappa shape index (κ1) is 23.2. The van der Waals surface area contributed by atoms with E-state index in [2.05, 4.69) is 0 Å². The zero-order chi connectivity index (χ0) is 21.5. The molecule has 1 fully saturated rings. The minimum absolute atomic E-state index is 0.391. The normalized spacial score (nSPS) is 15.2. The van der Waals surface area contributed by atoms with Crippen LogP contribution in [0.4, 0.5) is 0 Å². The Hall–Kier alpha value is -2.04. The molecule has 0 bridgehead atoms. The molecule has 0 aromatic heterocycles. The van der Waals surface area contributed by atoms with Gasteiger partial charge < -0.3 is 15.3 Å². The number of phenolic OH excluding ortho intramolecular Hbond substituents is 1. The summed E-state index contributed by atoms with van der Waals surface area (Å²) in [5.41, 5.74) is 0.824. The molecule has 0 unspecified atom stereocenters. The summed E-state index contributed by atoms with van der Waals surface area (Å²) in [5.74, 6) is -1.00. The molecule has 2 rings (SSSR count). The molecule has 0 radical (unpaired) electrons. The number of carboxylic acids is 2. The molecule has 0 atom stereocenters. The molecule has 0 aliphatic heterocycles. The maximum absolute atomic E-state index is 11.2. The second-order valence-electron chi connectivity index (χ2n) is 9.32. The lowest BCUT2D eigenvalue weighted by Crippen LogP contribution is -2.23. The highest BCUT2D eigenvalue weighted by Crippen LogP contribution is 2.50. The van der Waals surface area contributed by atoms with Crippen LogP contribution in [-0.2, 0) is 22.4 Å². The minimum Gasteiger partial charge on any atom is -0.507 e. The van der Waals surface area contributed by atoms with E-state index in [0.717, 1.165) is 81.8 Å². The van der Waals surface area contributed by atoms with Crippen LogP contribution in [0.3, 0.4) is 0 Å². The number of phenols is 1. The predicted molar refractivity (Wildman–Crippen MR) is 113 cm³/mol. The Labute approximate surface area is 174 Å². The number of hydrogen-bond acceptors (Lipinski definition) is 3. The molecule has 0 heterocycles. The summed E-state index contributed by atoms with van der Waals surface area (Å²) in [4.78, 5) is 22.3. The van der Waals surface area contributed by atoms with Crippen molar-refractivity contribution in [2.75, 3.05) is 0 Å². The number of carbonyl (C=O) groups is 2. The maximum Gasteiger partial charge on any atom is 0.309 e. The Morgan fingerprint density at radius 3 is 1.97 bits per heavy atom. The van der Waals surface area contributed by atoms with Gasteiger partial charge in [-0.1, -0.05) is 43.9 Å². The van der Waals surface area contributed by atoms with Gasteiger partial charge >= 0.3 is 11.9 Å². The number of aliphatic carboxylic acids is 2. The first-order valence-electron chi connectivity index (χ1n) is 10.9. The van der Waals surface area contributed by atoms with E-state index in [1.807, 2.05) is 18.2 Å². The molecule has 5 heteroatoms. The Morgan fingerprint density at radius 2 is 1.48 bits per heavy atom. The number of hydrogen-bond donors (Lipinski definition) is 3. The van der Waals surface area contributed by atoms with Crippen LogP contribution in [0.25, 0.3) is 0 Å². The van der Waals surface area contributed by atoms with Crippen LogP contribution < -0.4 is 0 Å². The van der Waals surface area contributed by atoms with Crippen LogP contribution in [-0.4, -0.2) is 27.3 Å². The number of aromatic hydroxyl groups is 1. The van der Waals surface area contributed by atoms with Crippen molar-refractivity contribution in [2.45, 2.75) is 90.9 Å². The lowest BCUT2D eigenvalue weighted by molar-refractivity contribution is -0.147. The van der Waals surface area contributed by atoms with E-state index in [-0.39, 0.29) is 0 Å². The molecular weight excluding hydrogens is 368 g/mol. The van der Waals surface area contributed by atoms with Gasteiger partial charge in [-0.2, -0.15) is 0 Å². The first-order valence-corrected chi connectivity index (χ1v) is 10.9. The highest BCUT2D eigenvalue weighted by molar-refractivity contribution is 5.77. The third kappa shape index (κ3) is 6.76. The van der Waals surface area contributed by atoms with E-state index in [4.69, 9.17) is 5.11 Å². The fourth-order valence-electron chi connectivity index (χ4n) is 3.89. The summed E-state index contributed by atoms with van der Waals surface area (Å²) < 4.78 is 0. The zero-order valence-electron chi connectivity index (χ0n) is 17.9. The first-order chi connectivity index (χ1) is 13.7. The van der Waals surface area contributed by atoms with Crippen LogP contribution in [0.2, 0.25) is 0 Å². The van der Waals surface area contributed by atoms with Crippen LogP contribution in [0, 0.1) is 10.8 Å².